The number of ether oxygens (including phenoxy) is 1. The molecule has 14 heavy (non-hydrogen) atoms. The number of carboxylic acid groups (broad SMARTS) is 1. The molecule has 1 aromatic rings. The summed E-state index contributed by atoms with van der Waals surface area (Å²) in [6.45, 7) is 2.49. The van der Waals surface area contributed by atoms with E-state index in [1.807, 2.05) is 25.1 Å². The van der Waals surface area contributed by atoms with Gasteiger partial charge in [0.15, 0.2) is 0 Å². The molecule has 0 amide bonds. The number of aryl methyl sites for hydroxylation is 1. The lowest BCUT2D eigenvalue weighted by molar-refractivity contribution is -0.137. The maximum absolute atomic E-state index is 10.6. The maximum atomic E-state index is 10.6. The molecule has 74 valence electrons. The number of aliphatic carboxylic acids is 1. The van der Waals surface area contributed by atoms with Crippen molar-refractivity contribution in [3.8, 4) is 5.75 Å². The Morgan fingerprint density at radius 2 is 2.43 bits per heavy atom. The lowest BCUT2D eigenvalue weighted by atomic mass is 9.97. The largest absolute Gasteiger partial charge is 0.493 e. The SMILES string of the molecule is Cc1ccc2c(c1)OC[C@@H]2CC(=O)O. The smallest absolute Gasteiger partial charge is 0.304 e. The standard InChI is InChI=1S/C11H12O3/c1-7-2-3-9-8(5-11(12)13)6-14-10(9)4-7/h2-4,8H,5-6H2,1H3,(H,12,13)/t8-/m0/s1. The summed E-state index contributed by atoms with van der Waals surface area (Å²) in [5, 5.41) is 8.70. The molecule has 0 spiro atoms. The van der Waals surface area contributed by atoms with Crippen molar-refractivity contribution in [2.24, 2.45) is 0 Å². The van der Waals surface area contributed by atoms with Crippen LogP contribution in [0, 0.1) is 6.92 Å². The van der Waals surface area contributed by atoms with Gasteiger partial charge in [0.1, 0.15) is 5.75 Å². The number of carboxylic acids is 1. The number of carbonyl (C=O) groups is 1. The molecule has 3 heteroatoms. The molecule has 0 saturated carbocycles. The van der Waals surface area contributed by atoms with Crippen molar-refractivity contribution in [3.05, 3.63) is 29.3 Å². The van der Waals surface area contributed by atoms with Crippen LogP contribution in [0.1, 0.15) is 23.5 Å². The van der Waals surface area contributed by atoms with E-state index in [-0.39, 0.29) is 12.3 Å². The fourth-order valence-electron chi connectivity index (χ4n) is 1.76. The van der Waals surface area contributed by atoms with Gasteiger partial charge in [-0.3, -0.25) is 4.79 Å². The van der Waals surface area contributed by atoms with Crippen LogP contribution in [0.4, 0.5) is 0 Å². The maximum Gasteiger partial charge on any atom is 0.304 e. The summed E-state index contributed by atoms with van der Waals surface area (Å²) in [4.78, 5) is 10.6. The predicted molar refractivity (Wildman–Crippen MR) is 51.7 cm³/mol. The molecule has 0 unspecified atom stereocenters. The summed E-state index contributed by atoms with van der Waals surface area (Å²) in [6, 6.07) is 5.91. The monoisotopic (exact) mass is 192 g/mol. The Morgan fingerprint density at radius 1 is 1.64 bits per heavy atom. The van der Waals surface area contributed by atoms with Gasteiger partial charge in [-0.15, -0.1) is 0 Å². The van der Waals surface area contributed by atoms with Crippen LogP contribution in [0.2, 0.25) is 0 Å². The summed E-state index contributed by atoms with van der Waals surface area (Å²) < 4.78 is 5.43. The fraction of sp³-hybridized carbons (Fsp3) is 0.364. The van der Waals surface area contributed by atoms with Crippen LogP contribution in [0.25, 0.3) is 0 Å². The lowest BCUT2D eigenvalue weighted by Crippen LogP contribution is -2.07. The van der Waals surface area contributed by atoms with E-state index in [0.29, 0.717) is 6.61 Å². The van der Waals surface area contributed by atoms with E-state index in [1.54, 1.807) is 0 Å². The van der Waals surface area contributed by atoms with Crippen LogP contribution in [0.5, 0.6) is 5.75 Å². The van der Waals surface area contributed by atoms with Gasteiger partial charge in [-0.25, -0.2) is 0 Å². The van der Waals surface area contributed by atoms with Gasteiger partial charge < -0.3 is 9.84 Å². The highest BCUT2D eigenvalue weighted by molar-refractivity contribution is 5.68. The van der Waals surface area contributed by atoms with Gasteiger partial charge in [0.2, 0.25) is 0 Å². The Labute approximate surface area is 82.3 Å². The zero-order valence-corrected chi connectivity index (χ0v) is 7.99. The van der Waals surface area contributed by atoms with E-state index in [4.69, 9.17) is 9.84 Å². The first-order chi connectivity index (χ1) is 6.66. The van der Waals surface area contributed by atoms with Crippen molar-refractivity contribution in [1.29, 1.82) is 0 Å². The zero-order chi connectivity index (χ0) is 10.1. The van der Waals surface area contributed by atoms with Crippen molar-refractivity contribution in [2.45, 2.75) is 19.3 Å². The van der Waals surface area contributed by atoms with Crippen molar-refractivity contribution in [1.82, 2.24) is 0 Å². The minimum absolute atomic E-state index is 0.0168. The molecule has 0 bridgehead atoms. The Balaban J connectivity index is 2.26. The molecule has 0 aromatic heterocycles. The molecule has 1 aliphatic heterocycles. The highest BCUT2D eigenvalue weighted by atomic mass is 16.5. The molecule has 1 aromatic carbocycles. The molecule has 1 aliphatic rings. The van der Waals surface area contributed by atoms with Crippen molar-refractivity contribution in [2.75, 3.05) is 6.61 Å². The fourth-order valence-corrected chi connectivity index (χ4v) is 1.76. The minimum atomic E-state index is -0.771. The summed E-state index contributed by atoms with van der Waals surface area (Å²) in [5.41, 5.74) is 2.16. The number of fused-ring (bicyclic) bond motifs is 1. The number of benzene rings is 1. The molecule has 0 aliphatic carbocycles. The van der Waals surface area contributed by atoms with Crippen LogP contribution in [0.3, 0.4) is 0 Å². The summed E-state index contributed by atoms with van der Waals surface area (Å²) in [7, 11) is 0. The van der Waals surface area contributed by atoms with Gasteiger partial charge in [-0.2, -0.15) is 0 Å². The molecule has 1 atom stereocenters. The molecule has 3 nitrogen and oxygen atoms in total. The summed E-state index contributed by atoms with van der Waals surface area (Å²) in [5.74, 6) is 0.0892. The molecule has 0 fully saturated rings. The second kappa shape index (κ2) is 3.33. The summed E-state index contributed by atoms with van der Waals surface area (Å²) >= 11 is 0. The Bertz CT molecular complexity index is 371. The van der Waals surface area contributed by atoms with Crippen LogP contribution < -0.4 is 4.74 Å². The van der Waals surface area contributed by atoms with E-state index in [9.17, 15) is 4.79 Å². The van der Waals surface area contributed by atoms with Gasteiger partial charge in [-0.1, -0.05) is 12.1 Å². The van der Waals surface area contributed by atoms with Gasteiger partial charge >= 0.3 is 5.97 Å². The average Bonchev–Trinajstić information content (AvgIpc) is 2.47. The van der Waals surface area contributed by atoms with Gasteiger partial charge in [0, 0.05) is 11.5 Å². The second-order valence-corrected chi connectivity index (χ2v) is 3.65. The Kier molecular flexibility index (Phi) is 2.15. The first kappa shape index (κ1) is 9.06. The normalized spacial score (nSPS) is 18.8. The van der Waals surface area contributed by atoms with E-state index < -0.39 is 5.97 Å². The van der Waals surface area contributed by atoms with Crippen LogP contribution >= 0.6 is 0 Å². The topological polar surface area (TPSA) is 46.5 Å². The zero-order valence-electron chi connectivity index (χ0n) is 7.99. The quantitative estimate of drug-likeness (QED) is 0.779. The van der Waals surface area contributed by atoms with Crippen LogP contribution in [-0.2, 0) is 4.79 Å². The molecule has 2 rings (SSSR count). The summed E-state index contributed by atoms with van der Waals surface area (Å²) in [6.07, 6.45) is 0.149. The first-order valence-electron chi connectivity index (χ1n) is 4.62. The second-order valence-electron chi connectivity index (χ2n) is 3.65. The van der Waals surface area contributed by atoms with E-state index in [1.165, 1.54) is 0 Å². The predicted octanol–water partition coefficient (Wildman–Crippen LogP) is 1.95. The van der Waals surface area contributed by atoms with Gasteiger partial charge in [0.05, 0.1) is 13.0 Å². The average molecular weight is 192 g/mol. The first-order valence-corrected chi connectivity index (χ1v) is 4.62. The highest BCUT2D eigenvalue weighted by Gasteiger charge is 2.25. The Hall–Kier alpha value is -1.51. The Morgan fingerprint density at radius 3 is 3.14 bits per heavy atom. The molecule has 0 saturated heterocycles. The number of hydrogen-bond acceptors (Lipinski definition) is 2. The van der Waals surface area contributed by atoms with E-state index in [0.717, 1.165) is 16.9 Å². The van der Waals surface area contributed by atoms with Crippen LogP contribution in [-0.4, -0.2) is 17.7 Å². The lowest BCUT2D eigenvalue weighted by Gasteiger charge is -2.04. The molecule has 0 radical (unpaired) electrons. The third-order valence-electron chi connectivity index (χ3n) is 2.47. The van der Waals surface area contributed by atoms with Gasteiger partial charge in [0.25, 0.3) is 0 Å². The minimum Gasteiger partial charge on any atom is -0.493 e. The number of hydrogen-bond donors (Lipinski definition) is 1. The van der Waals surface area contributed by atoms with E-state index >= 15 is 0 Å². The van der Waals surface area contributed by atoms with Gasteiger partial charge in [-0.05, 0) is 18.6 Å². The highest BCUT2D eigenvalue weighted by Crippen LogP contribution is 2.36. The van der Waals surface area contributed by atoms with Crippen molar-refractivity contribution < 1.29 is 14.6 Å². The molecule has 1 N–H and O–H groups in total. The molecular weight excluding hydrogens is 180 g/mol. The molecule has 1 heterocycles. The molecular formula is C11H12O3. The van der Waals surface area contributed by atoms with Crippen molar-refractivity contribution in [3.63, 3.8) is 0 Å². The van der Waals surface area contributed by atoms with E-state index in [2.05, 4.69) is 0 Å². The third-order valence-corrected chi connectivity index (χ3v) is 2.47. The third kappa shape index (κ3) is 1.58. The van der Waals surface area contributed by atoms with Crippen molar-refractivity contribution >= 4 is 5.97 Å². The number of rotatable bonds is 2. The van der Waals surface area contributed by atoms with Crippen LogP contribution in [0.15, 0.2) is 18.2 Å².